The van der Waals surface area contributed by atoms with Gasteiger partial charge in [-0.1, -0.05) is 0 Å². The zero-order chi connectivity index (χ0) is 9.14. The molecule has 1 aromatic rings. The summed E-state index contributed by atoms with van der Waals surface area (Å²) in [6.07, 6.45) is 0. The second-order valence-electron chi connectivity index (χ2n) is 2.21. The Balaban J connectivity index is 3.04. The summed E-state index contributed by atoms with van der Waals surface area (Å²) >= 11 is 2.84. The van der Waals surface area contributed by atoms with Crippen LogP contribution < -0.4 is 5.48 Å². The Bertz CT molecular complexity index is 270. The smallest absolute Gasteiger partial charge is 0.172 e. The van der Waals surface area contributed by atoms with Crippen LogP contribution in [0.4, 0.5) is 8.78 Å². The molecule has 0 saturated carbocycles. The van der Waals surface area contributed by atoms with Gasteiger partial charge in [-0.05, 0) is 33.6 Å². The zero-order valence-corrected chi connectivity index (χ0v) is 7.53. The quantitative estimate of drug-likeness (QED) is 0.611. The van der Waals surface area contributed by atoms with Crippen LogP contribution in [0.25, 0.3) is 0 Å². The molecule has 0 spiro atoms. The van der Waals surface area contributed by atoms with Crippen LogP contribution in [0.5, 0.6) is 0 Å². The monoisotopic (exact) mass is 237 g/mol. The molecule has 0 radical (unpaired) electrons. The highest BCUT2D eigenvalue weighted by Crippen LogP contribution is 2.20. The van der Waals surface area contributed by atoms with E-state index >= 15 is 0 Å². The average Bonchev–Trinajstić information content (AvgIpc) is 2.01. The van der Waals surface area contributed by atoms with Gasteiger partial charge in [0.1, 0.15) is 0 Å². The van der Waals surface area contributed by atoms with Crippen molar-refractivity contribution >= 4 is 15.9 Å². The van der Waals surface area contributed by atoms with Gasteiger partial charge in [0.25, 0.3) is 0 Å². The van der Waals surface area contributed by atoms with Gasteiger partial charge in [-0.25, -0.2) is 14.3 Å². The summed E-state index contributed by atoms with van der Waals surface area (Å²) in [6.45, 7) is 0.0792. The number of rotatable bonds is 2. The largest absolute Gasteiger partial charge is 0.316 e. The summed E-state index contributed by atoms with van der Waals surface area (Å²) in [4.78, 5) is 0. The molecule has 5 heteroatoms. The van der Waals surface area contributed by atoms with Gasteiger partial charge in [0.2, 0.25) is 0 Å². The van der Waals surface area contributed by atoms with Gasteiger partial charge < -0.3 is 5.21 Å². The van der Waals surface area contributed by atoms with Crippen molar-refractivity contribution in [3.8, 4) is 0 Å². The van der Waals surface area contributed by atoms with E-state index in [2.05, 4.69) is 15.9 Å². The Morgan fingerprint density at radius 3 is 2.58 bits per heavy atom. The number of hydroxylamine groups is 1. The lowest BCUT2D eigenvalue weighted by molar-refractivity contribution is 0.161. The van der Waals surface area contributed by atoms with E-state index in [1.807, 2.05) is 5.48 Å². The Morgan fingerprint density at radius 1 is 1.42 bits per heavy atom. The predicted molar refractivity (Wildman–Crippen MR) is 42.7 cm³/mol. The molecular weight excluding hydrogens is 232 g/mol. The van der Waals surface area contributed by atoms with Crippen LogP contribution in [0.2, 0.25) is 0 Å². The van der Waals surface area contributed by atoms with Gasteiger partial charge in [0.05, 0.1) is 4.47 Å². The summed E-state index contributed by atoms with van der Waals surface area (Å²) in [5, 5.41) is 8.29. The fraction of sp³-hybridized carbons (Fsp3) is 0.143. The van der Waals surface area contributed by atoms with Crippen molar-refractivity contribution in [3.63, 3.8) is 0 Å². The summed E-state index contributed by atoms with van der Waals surface area (Å²) in [6, 6.07) is 2.41. The molecule has 0 amide bonds. The third-order valence-corrected chi connectivity index (χ3v) is 1.90. The third kappa shape index (κ3) is 2.00. The van der Waals surface area contributed by atoms with Crippen molar-refractivity contribution in [2.75, 3.05) is 0 Å². The SMILES string of the molecule is ONCc1cc(F)c(F)c(Br)c1. The van der Waals surface area contributed by atoms with Gasteiger partial charge in [-0.2, -0.15) is 0 Å². The first-order valence-electron chi connectivity index (χ1n) is 3.15. The lowest BCUT2D eigenvalue weighted by atomic mass is 10.2. The van der Waals surface area contributed by atoms with Crippen LogP contribution in [0.3, 0.4) is 0 Å². The molecule has 0 aromatic heterocycles. The number of hydrogen-bond donors (Lipinski definition) is 2. The van der Waals surface area contributed by atoms with Crippen LogP contribution in [0.15, 0.2) is 16.6 Å². The normalized spacial score (nSPS) is 10.3. The van der Waals surface area contributed by atoms with Crippen molar-refractivity contribution in [1.82, 2.24) is 5.48 Å². The predicted octanol–water partition coefficient (Wildman–Crippen LogP) is 2.21. The minimum absolute atomic E-state index is 0.0488. The minimum atomic E-state index is -0.936. The molecule has 0 atom stereocenters. The first-order valence-corrected chi connectivity index (χ1v) is 3.95. The van der Waals surface area contributed by atoms with E-state index < -0.39 is 11.6 Å². The second-order valence-corrected chi connectivity index (χ2v) is 3.06. The third-order valence-electron chi connectivity index (χ3n) is 1.33. The van der Waals surface area contributed by atoms with E-state index in [-0.39, 0.29) is 11.0 Å². The molecule has 0 heterocycles. The highest BCUT2D eigenvalue weighted by Gasteiger charge is 2.07. The maximum atomic E-state index is 12.6. The number of hydrogen-bond acceptors (Lipinski definition) is 2. The Kier molecular flexibility index (Phi) is 3.13. The first-order chi connectivity index (χ1) is 5.65. The van der Waals surface area contributed by atoms with Crippen molar-refractivity contribution in [1.29, 1.82) is 0 Å². The fourth-order valence-electron chi connectivity index (χ4n) is 0.801. The number of nitrogens with one attached hydrogen (secondary N) is 1. The van der Waals surface area contributed by atoms with Crippen molar-refractivity contribution in [2.45, 2.75) is 6.54 Å². The first kappa shape index (κ1) is 9.57. The molecule has 0 aliphatic heterocycles. The van der Waals surface area contributed by atoms with Crippen molar-refractivity contribution < 1.29 is 14.0 Å². The maximum absolute atomic E-state index is 12.6. The molecule has 0 bridgehead atoms. The summed E-state index contributed by atoms with van der Waals surface area (Å²) in [5.41, 5.74) is 2.31. The topological polar surface area (TPSA) is 32.3 Å². The minimum Gasteiger partial charge on any atom is -0.316 e. The lowest BCUT2D eigenvalue weighted by Gasteiger charge is -2.01. The molecular formula is C7H6BrF2NO. The van der Waals surface area contributed by atoms with Crippen LogP contribution in [-0.4, -0.2) is 5.21 Å². The molecule has 2 N–H and O–H groups in total. The van der Waals surface area contributed by atoms with Gasteiger partial charge in [0, 0.05) is 6.54 Å². The molecule has 0 aliphatic carbocycles. The van der Waals surface area contributed by atoms with Crippen LogP contribution >= 0.6 is 15.9 Å². The van der Waals surface area contributed by atoms with Crippen LogP contribution in [0, 0.1) is 11.6 Å². The van der Waals surface area contributed by atoms with Gasteiger partial charge in [0.15, 0.2) is 11.6 Å². The molecule has 0 fully saturated rings. The Morgan fingerprint density at radius 2 is 2.08 bits per heavy atom. The van der Waals surface area contributed by atoms with Gasteiger partial charge >= 0.3 is 0 Å². The average molecular weight is 238 g/mol. The molecule has 1 aromatic carbocycles. The summed E-state index contributed by atoms with van der Waals surface area (Å²) < 4.78 is 25.3. The van der Waals surface area contributed by atoms with Crippen molar-refractivity contribution in [2.24, 2.45) is 0 Å². The fourth-order valence-corrected chi connectivity index (χ4v) is 1.28. The molecule has 0 saturated heterocycles. The van der Waals surface area contributed by atoms with Gasteiger partial charge in [-0.15, -0.1) is 0 Å². The van der Waals surface area contributed by atoms with E-state index in [1.165, 1.54) is 6.07 Å². The molecule has 0 aliphatic rings. The van der Waals surface area contributed by atoms with E-state index in [1.54, 1.807) is 0 Å². The maximum Gasteiger partial charge on any atom is 0.172 e. The molecule has 2 nitrogen and oxygen atoms in total. The Hall–Kier alpha value is -0.520. The van der Waals surface area contributed by atoms with Gasteiger partial charge in [-0.3, -0.25) is 0 Å². The van der Waals surface area contributed by atoms with E-state index in [9.17, 15) is 8.78 Å². The Labute approximate surface area is 76.3 Å². The standard InChI is InChI=1S/C7H6BrF2NO/c8-5-1-4(3-11-12)2-6(9)7(5)10/h1-2,11-12H,3H2. The molecule has 12 heavy (non-hydrogen) atoms. The zero-order valence-electron chi connectivity index (χ0n) is 5.94. The van der Waals surface area contributed by atoms with E-state index in [4.69, 9.17) is 5.21 Å². The molecule has 1 rings (SSSR count). The summed E-state index contributed by atoms with van der Waals surface area (Å²) in [7, 11) is 0. The molecule has 0 unspecified atom stereocenters. The summed E-state index contributed by atoms with van der Waals surface area (Å²) in [5.74, 6) is -1.86. The van der Waals surface area contributed by atoms with E-state index in [0.717, 1.165) is 6.07 Å². The van der Waals surface area contributed by atoms with Crippen LogP contribution in [-0.2, 0) is 6.54 Å². The lowest BCUT2D eigenvalue weighted by Crippen LogP contribution is -2.06. The highest BCUT2D eigenvalue weighted by molar-refractivity contribution is 9.10. The van der Waals surface area contributed by atoms with Crippen molar-refractivity contribution in [3.05, 3.63) is 33.8 Å². The highest BCUT2D eigenvalue weighted by atomic mass is 79.9. The number of halogens is 3. The van der Waals surface area contributed by atoms with E-state index in [0.29, 0.717) is 5.56 Å². The number of benzene rings is 1. The van der Waals surface area contributed by atoms with Crippen LogP contribution in [0.1, 0.15) is 5.56 Å². The second kappa shape index (κ2) is 3.93. The molecule has 66 valence electrons.